The van der Waals surface area contributed by atoms with Gasteiger partial charge < -0.3 is 21.1 Å². The Bertz CT molecular complexity index is 1590. The molecule has 5 rings (SSSR count). The zero-order chi connectivity index (χ0) is 26.9. The predicted molar refractivity (Wildman–Crippen MR) is 141 cm³/mol. The number of hydrogen-bond acceptors (Lipinski definition) is 6. The lowest BCUT2D eigenvalue weighted by Crippen LogP contribution is -2.62. The Morgan fingerprint density at radius 3 is 2.21 bits per heavy atom. The number of nitrogens with zero attached hydrogens (tertiary/aromatic N) is 3. The second-order valence-electron chi connectivity index (χ2n) is 8.75. The van der Waals surface area contributed by atoms with Crippen LogP contribution < -0.4 is 16.2 Å². The summed E-state index contributed by atoms with van der Waals surface area (Å²) in [6.45, 7) is -0.211. The number of carbonyl (C=O) groups excluding carboxylic acids is 2. The number of sulfonamides is 1. The molecule has 2 unspecified atom stereocenters. The van der Waals surface area contributed by atoms with Gasteiger partial charge in [0.15, 0.2) is 0 Å². The van der Waals surface area contributed by atoms with Gasteiger partial charge >= 0.3 is 6.03 Å². The van der Waals surface area contributed by atoms with E-state index in [2.05, 4.69) is 4.98 Å². The summed E-state index contributed by atoms with van der Waals surface area (Å²) in [5.74, 6) is 0.235. The molecule has 1 aliphatic heterocycles. The molecule has 10 nitrogen and oxygen atoms in total. The highest BCUT2D eigenvalue weighted by Gasteiger charge is 2.48. The summed E-state index contributed by atoms with van der Waals surface area (Å²) in [4.78, 5) is 30.7. The van der Waals surface area contributed by atoms with Gasteiger partial charge in [-0.15, -0.1) is 0 Å². The largest absolute Gasteiger partial charge is 0.457 e. The fourth-order valence-corrected chi connectivity index (χ4v) is 6.52. The third kappa shape index (κ3) is 4.64. The van der Waals surface area contributed by atoms with Crippen molar-refractivity contribution in [2.24, 2.45) is 11.5 Å². The first-order valence-electron chi connectivity index (χ1n) is 11.8. The monoisotopic (exact) mass is 531 g/mol. The number of piperazine rings is 1. The van der Waals surface area contributed by atoms with Gasteiger partial charge in [-0.1, -0.05) is 48.5 Å². The van der Waals surface area contributed by atoms with Crippen LogP contribution in [0, 0.1) is 0 Å². The number of rotatable bonds is 6. The second kappa shape index (κ2) is 10.1. The summed E-state index contributed by atoms with van der Waals surface area (Å²) in [6, 6.07) is 20.8. The summed E-state index contributed by atoms with van der Waals surface area (Å²) in [6.07, 6.45) is 1.50. The van der Waals surface area contributed by atoms with Crippen molar-refractivity contribution in [3.63, 3.8) is 0 Å². The maximum absolute atomic E-state index is 14.0. The first-order valence-corrected chi connectivity index (χ1v) is 13.3. The van der Waals surface area contributed by atoms with E-state index < -0.39 is 34.0 Å². The van der Waals surface area contributed by atoms with Gasteiger partial charge in [-0.25, -0.2) is 13.2 Å². The normalized spacial score (nSPS) is 18.3. The number of carbonyl (C=O) groups is 2. The molecule has 38 heavy (non-hydrogen) atoms. The summed E-state index contributed by atoms with van der Waals surface area (Å²) < 4.78 is 34.8. The molecule has 0 radical (unpaired) electrons. The van der Waals surface area contributed by atoms with Crippen molar-refractivity contribution >= 4 is 32.9 Å². The zero-order valence-corrected chi connectivity index (χ0v) is 21.0. The summed E-state index contributed by atoms with van der Waals surface area (Å²) >= 11 is 0. The van der Waals surface area contributed by atoms with Crippen LogP contribution in [0.25, 0.3) is 10.9 Å². The number of pyridine rings is 1. The third-order valence-electron chi connectivity index (χ3n) is 6.46. The van der Waals surface area contributed by atoms with Crippen LogP contribution in [0.5, 0.6) is 11.5 Å². The average Bonchev–Trinajstić information content (AvgIpc) is 2.92. The number of primary amides is 2. The highest BCUT2D eigenvalue weighted by atomic mass is 32.2. The van der Waals surface area contributed by atoms with E-state index in [0.717, 1.165) is 4.31 Å². The molecule has 194 valence electrons. The SMILES string of the molecule is NC(=O)C1C(c2ccc(Oc3ccccc3)cc2)N(C(N)=O)CCN1S(=O)(=O)c1cccc2cccnc12. The molecule has 0 aliphatic carbocycles. The molecule has 1 saturated heterocycles. The molecule has 2 heterocycles. The Hall–Kier alpha value is -4.48. The van der Waals surface area contributed by atoms with Gasteiger partial charge in [0, 0.05) is 24.7 Å². The third-order valence-corrected chi connectivity index (χ3v) is 8.38. The molecule has 0 saturated carbocycles. The minimum atomic E-state index is -4.26. The van der Waals surface area contributed by atoms with Crippen molar-refractivity contribution in [1.82, 2.24) is 14.2 Å². The highest BCUT2D eigenvalue weighted by molar-refractivity contribution is 7.89. The molecule has 0 spiro atoms. The summed E-state index contributed by atoms with van der Waals surface area (Å²) in [5, 5.41) is 0.630. The molecule has 0 bridgehead atoms. The van der Waals surface area contributed by atoms with Crippen molar-refractivity contribution in [3.05, 3.63) is 96.7 Å². The van der Waals surface area contributed by atoms with Crippen molar-refractivity contribution < 1.29 is 22.7 Å². The Balaban J connectivity index is 1.55. The molecule has 4 N–H and O–H groups in total. The number of urea groups is 1. The van der Waals surface area contributed by atoms with Crippen molar-refractivity contribution in [1.29, 1.82) is 0 Å². The molecule has 11 heteroatoms. The van der Waals surface area contributed by atoms with E-state index in [1.54, 1.807) is 60.7 Å². The van der Waals surface area contributed by atoms with E-state index in [9.17, 15) is 18.0 Å². The lowest BCUT2D eigenvalue weighted by Gasteiger charge is -2.45. The zero-order valence-electron chi connectivity index (χ0n) is 20.2. The minimum absolute atomic E-state index is 0.0382. The topological polar surface area (TPSA) is 149 Å². The van der Waals surface area contributed by atoms with E-state index in [1.165, 1.54) is 17.2 Å². The van der Waals surface area contributed by atoms with Crippen molar-refractivity contribution in [2.75, 3.05) is 13.1 Å². The summed E-state index contributed by atoms with van der Waals surface area (Å²) in [7, 11) is -4.26. The van der Waals surface area contributed by atoms with E-state index in [0.29, 0.717) is 22.4 Å². The van der Waals surface area contributed by atoms with Crippen LogP contribution in [0.3, 0.4) is 0 Å². The number of para-hydroxylation sites is 2. The van der Waals surface area contributed by atoms with Gasteiger partial charge in [0.25, 0.3) is 0 Å². The van der Waals surface area contributed by atoms with E-state index in [1.807, 2.05) is 18.2 Å². The van der Waals surface area contributed by atoms with Crippen LogP contribution >= 0.6 is 0 Å². The quantitative estimate of drug-likeness (QED) is 0.391. The maximum atomic E-state index is 14.0. The number of fused-ring (bicyclic) bond motifs is 1. The van der Waals surface area contributed by atoms with Gasteiger partial charge in [-0.3, -0.25) is 9.78 Å². The fourth-order valence-electron chi connectivity index (χ4n) is 4.76. The fraction of sp³-hybridized carbons (Fsp3) is 0.148. The minimum Gasteiger partial charge on any atom is -0.457 e. The number of nitrogens with two attached hydrogens (primary N) is 2. The molecule has 3 amide bonds. The maximum Gasteiger partial charge on any atom is 0.315 e. The molecule has 1 aliphatic rings. The Kier molecular flexibility index (Phi) is 6.70. The first-order chi connectivity index (χ1) is 18.3. The lowest BCUT2D eigenvalue weighted by atomic mass is 9.95. The van der Waals surface area contributed by atoms with E-state index >= 15 is 0 Å². The van der Waals surface area contributed by atoms with Crippen LogP contribution in [-0.2, 0) is 14.8 Å². The Labute approximate surface area is 219 Å². The number of aromatic nitrogens is 1. The van der Waals surface area contributed by atoms with Gasteiger partial charge in [-0.05, 0) is 42.0 Å². The van der Waals surface area contributed by atoms with Gasteiger partial charge in [0.05, 0.1) is 11.6 Å². The molecule has 2 atom stereocenters. The smallest absolute Gasteiger partial charge is 0.315 e. The van der Waals surface area contributed by atoms with Gasteiger partial charge in [0.2, 0.25) is 15.9 Å². The number of ether oxygens (including phenoxy) is 1. The van der Waals surface area contributed by atoms with Crippen LogP contribution in [0.15, 0.2) is 96.0 Å². The van der Waals surface area contributed by atoms with E-state index in [4.69, 9.17) is 16.2 Å². The first kappa shape index (κ1) is 25.2. The summed E-state index contributed by atoms with van der Waals surface area (Å²) in [5.41, 5.74) is 12.2. The van der Waals surface area contributed by atoms with Gasteiger partial charge in [-0.2, -0.15) is 4.31 Å². The van der Waals surface area contributed by atoms with Crippen LogP contribution in [0.2, 0.25) is 0 Å². The molecular formula is C27H25N5O5S. The number of hydrogen-bond donors (Lipinski definition) is 2. The highest BCUT2D eigenvalue weighted by Crippen LogP contribution is 2.36. The van der Waals surface area contributed by atoms with Crippen LogP contribution in [0.4, 0.5) is 4.79 Å². The van der Waals surface area contributed by atoms with Gasteiger partial charge in [0.1, 0.15) is 22.4 Å². The lowest BCUT2D eigenvalue weighted by molar-refractivity contribution is -0.124. The predicted octanol–water partition coefficient (Wildman–Crippen LogP) is 3.01. The van der Waals surface area contributed by atoms with Crippen molar-refractivity contribution in [2.45, 2.75) is 17.0 Å². The second-order valence-corrected chi connectivity index (χ2v) is 10.6. The van der Waals surface area contributed by atoms with E-state index in [-0.39, 0.29) is 23.5 Å². The standard InChI is InChI=1S/C27H25N5O5S/c28-26(33)25-24(19-11-13-21(14-12-19)37-20-8-2-1-3-9-20)31(27(29)34)16-17-32(25)38(35,36)22-10-4-6-18-7-5-15-30-23(18)22/h1-15,24-25H,16-17H2,(H2,28,33)(H2,29,34). The Morgan fingerprint density at radius 1 is 0.842 bits per heavy atom. The number of amides is 3. The molecular weight excluding hydrogens is 506 g/mol. The number of benzene rings is 3. The molecule has 4 aromatic rings. The van der Waals surface area contributed by atoms with Crippen LogP contribution in [-0.4, -0.2) is 53.7 Å². The molecule has 1 fully saturated rings. The average molecular weight is 532 g/mol. The van der Waals surface area contributed by atoms with Crippen LogP contribution in [0.1, 0.15) is 11.6 Å². The Morgan fingerprint density at radius 2 is 1.53 bits per heavy atom. The van der Waals surface area contributed by atoms with Crippen molar-refractivity contribution in [3.8, 4) is 11.5 Å². The molecule has 1 aromatic heterocycles. The molecule has 3 aromatic carbocycles.